The van der Waals surface area contributed by atoms with E-state index in [0.29, 0.717) is 60.0 Å². The zero-order valence-corrected chi connectivity index (χ0v) is 21.7. The quantitative estimate of drug-likeness (QED) is 0.467. The Hall–Kier alpha value is -3.88. The standard InChI is InChI=1S/C29H28ClN3O5/c1-38-22-5-2-4-19(18-22)12-13-33-27(35)23-6-3-7-24(25(23)28(33)36)31-14-16-32(17-15-31)29(37)26(34)20-8-10-21(30)11-9-20/h2-11,18,26,34H,12-17H2,1H3/t26-/m1/s1. The average Bonchev–Trinajstić information content (AvgIpc) is 3.20. The molecule has 0 bridgehead atoms. The lowest BCUT2D eigenvalue weighted by Crippen LogP contribution is -2.50. The van der Waals surface area contributed by atoms with Gasteiger partial charge in [0.1, 0.15) is 5.75 Å². The SMILES string of the molecule is COc1cccc(CCN2C(=O)c3cccc(N4CCN(C(=O)[C@H](O)c5ccc(Cl)cc5)CC4)c3C2=O)c1. The largest absolute Gasteiger partial charge is 0.497 e. The molecule has 0 aliphatic carbocycles. The van der Waals surface area contributed by atoms with E-state index in [1.54, 1.807) is 48.4 Å². The summed E-state index contributed by atoms with van der Waals surface area (Å²) < 4.78 is 5.27. The van der Waals surface area contributed by atoms with Crippen molar-refractivity contribution in [3.63, 3.8) is 0 Å². The predicted octanol–water partition coefficient (Wildman–Crippen LogP) is 3.57. The smallest absolute Gasteiger partial charge is 0.263 e. The molecule has 5 rings (SSSR count). The number of anilines is 1. The van der Waals surface area contributed by atoms with Gasteiger partial charge in [-0.05, 0) is 53.9 Å². The first-order chi connectivity index (χ1) is 18.4. The number of aliphatic hydroxyl groups excluding tert-OH is 1. The van der Waals surface area contributed by atoms with Crippen molar-refractivity contribution in [2.75, 3.05) is 44.7 Å². The summed E-state index contributed by atoms with van der Waals surface area (Å²) in [7, 11) is 1.60. The van der Waals surface area contributed by atoms with Crippen molar-refractivity contribution in [2.45, 2.75) is 12.5 Å². The summed E-state index contributed by atoms with van der Waals surface area (Å²) in [5, 5.41) is 11.1. The Morgan fingerprint density at radius 3 is 2.39 bits per heavy atom. The van der Waals surface area contributed by atoms with Crippen LogP contribution >= 0.6 is 11.6 Å². The number of hydrogen-bond donors (Lipinski definition) is 1. The van der Waals surface area contributed by atoms with E-state index in [9.17, 15) is 19.5 Å². The number of carbonyl (C=O) groups is 3. The number of amides is 3. The van der Waals surface area contributed by atoms with Crippen molar-refractivity contribution in [3.05, 3.63) is 94.0 Å². The number of carbonyl (C=O) groups excluding carboxylic acids is 3. The zero-order valence-electron chi connectivity index (χ0n) is 21.0. The van der Waals surface area contributed by atoms with Crippen molar-refractivity contribution >= 4 is 35.0 Å². The second-order valence-electron chi connectivity index (χ2n) is 9.33. The minimum atomic E-state index is -1.27. The molecule has 1 atom stereocenters. The van der Waals surface area contributed by atoms with Crippen LogP contribution in [-0.4, -0.2) is 72.5 Å². The number of benzene rings is 3. The number of ether oxygens (including phenoxy) is 1. The topological polar surface area (TPSA) is 90.4 Å². The molecular weight excluding hydrogens is 506 g/mol. The number of methoxy groups -OCH3 is 1. The Labute approximate surface area is 226 Å². The molecule has 2 heterocycles. The Morgan fingerprint density at radius 2 is 1.68 bits per heavy atom. The first-order valence-corrected chi connectivity index (χ1v) is 12.8. The van der Waals surface area contributed by atoms with E-state index in [-0.39, 0.29) is 24.3 Å². The van der Waals surface area contributed by atoms with Crippen LogP contribution in [0.3, 0.4) is 0 Å². The lowest BCUT2D eigenvalue weighted by molar-refractivity contribution is -0.140. The van der Waals surface area contributed by atoms with Crippen LogP contribution in [0.1, 0.15) is 37.9 Å². The highest BCUT2D eigenvalue weighted by molar-refractivity contribution is 6.30. The molecular formula is C29H28ClN3O5. The van der Waals surface area contributed by atoms with Crippen LogP contribution in [0.5, 0.6) is 5.75 Å². The molecule has 0 unspecified atom stereocenters. The number of rotatable bonds is 7. The van der Waals surface area contributed by atoms with Crippen molar-refractivity contribution < 1.29 is 24.2 Å². The minimum absolute atomic E-state index is 0.268. The Bertz CT molecular complexity index is 1370. The number of aliphatic hydroxyl groups is 1. The van der Waals surface area contributed by atoms with Crippen molar-refractivity contribution in [3.8, 4) is 5.75 Å². The van der Waals surface area contributed by atoms with Crippen molar-refractivity contribution in [1.82, 2.24) is 9.80 Å². The first-order valence-electron chi connectivity index (χ1n) is 12.5. The van der Waals surface area contributed by atoms with E-state index in [4.69, 9.17) is 16.3 Å². The van der Waals surface area contributed by atoms with Gasteiger partial charge in [-0.15, -0.1) is 0 Å². The normalized spacial score (nSPS) is 16.0. The Balaban J connectivity index is 1.26. The van der Waals surface area contributed by atoms with E-state index >= 15 is 0 Å². The molecule has 9 heteroatoms. The number of nitrogens with zero attached hydrogens (tertiary/aromatic N) is 3. The summed E-state index contributed by atoms with van der Waals surface area (Å²) in [5.74, 6) is -0.250. The Kier molecular flexibility index (Phi) is 7.35. The maximum atomic E-state index is 13.4. The van der Waals surface area contributed by atoms with Gasteiger partial charge < -0.3 is 19.6 Å². The Morgan fingerprint density at radius 1 is 0.974 bits per heavy atom. The maximum Gasteiger partial charge on any atom is 0.263 e. The first kappa shape index (κ1) is 25.8. The van der Waals surface area contributed by atoms with Gasteiger partial charge in [-0.25, -0.2) is 0 Å². The van der Waals surface area contributed by atoms with Crippen molar-refractivity contribution in [1.29, 1.82) is 0 Å². The maximum absolute atomic E-state index is 13.4. The lowest BCUT2D eigenvalue weighted by Gasteiger charge is -2.37. The van der Waals surface area contributed by atoms with Crippen LogP contribution in [-0.2, 0) is 11.2 Å². The number of halogens is 1. The van der Waals surface area contributed by atoms with Crippen LogP contribution in [0.4, 0.5) is 5.69 Å². The zero-order chi connectivity index (χ0) is 26.8. The van der Waals surface area contributed by atoms with Gasteiger partial charge in [-0.1, -0.05) is 41.9 Å². The third-order valence-electron chi connectivity index (χ3n) is 7.09. The molecule has 1 saturated heterocycles. The van der Waals surface area contributed by atoms with E-state index in [1.165, 1.54) is 4.90 Å². The highest BCUT2D eigenvalue weighted by atomic mass is 35.5. The molecule has 0 aromatic heterocycles. The number of piperazine rings is 1. The third-order valence-corrected chi connectivity index (χ3v) is 7.34. The molecule has 0 radical (unpaired) electrons. The van der Waals surface area contributed by atoms with Crippen LogP contribution in [0.25, 0.3) is 0 Å². The highest BCUT2D eigenvalue weighted by Gasteiger charge is 2.39. The van der Waals surface area contributed by atoms with Gasteiger partial charge in [0.15, 0.2) is 6.10 Å². The van der Waals surface area contributed by atoms with Gasteiger partial charge in [0.25, 0.3) is 17.7 Å². The molecule has 1 fully saturated rings. The monoisotopic (exact) mass is 533 g/mol. The van der Waals surface area contributed by atoms with E-state index < -0.39 is 6.10 Å². The van der Waals surface area contributed by atoms with Gasteiger partial charge in [0, 0.05) is 37.7 Å². The summed E-state index contributed by atoms with van der Waals surface area (Å²) in [6.45, 7) is 1.98. The van der Waals surface area contributed by atoms with E-state index in [2.05, 4.69) is 0 Å². The fraction of sp³-hybridized carbons (Fsp3) is 0.276. The predicted molar refractivity (Wildman–Crippen MR) is 144 cm³/mol. The van der Waals surface area contributed by atoms with Crippen LogP contribution in [0.15, 0.2) is 66.7 Å². The van der Waals surface area contributed by atoms with Gasteiger partial charge >= 0.3 is 0 Å². The summed E-state index contributed by atoms with van der Waals surface area (Å²) in [6.07, 6.45) is -0.744. The van der Waals surface area contributed by atoms with E-state index in [0.717, 1.165) is 11.3 Å². The molecule has 38 heavy (non-hydrogen) atoms. The van der Waals surface area contributed by atoms with E-state index in [1.807, 2.05) is 35.2 Å². The number of imide groups is 1. The van der Waals surface area contributed by atoms with Gasteiger partial charge in [-0.2, -0.15) is 0 Å². The van der Waals surface area contributed by atoms with Crippen LogP contribution in [0, 0.1) is 0 Å². The third kappa shape index (κ3) is 4.97. The average molecular weight is 534 g/mol. The van der Waals surface area contributed by atoms with Crippen LogP contribution in [0.2, 0.25) is 5.02 Å². The van der Waals surface area contributed by atoms with Gasteiger partial charge in [-0.3, -0.25) is 19.3 Å². The fourth-order valence-electron chi connectivity index (χ4n) is 4.98. The summed E-state index contributed by atoms with van der Waals surface area (Å²) >= 11 is 5.91. The van der Waals surface area contributed by atoms with Gasteiger partial charge in [0.05, 0.1) is 23.9 Å². The molecule has 196 valence electrons. The molecule has 2 aliphatic heterocycles. The molecule has 2 aliphatic rings. The summed E-state index contributed by atoms with van der Waals surface area (Å²) in [6, 6.07) is 19.4. The van der Waals surface area contributed by atoms with Gasteiger partial charge in [0.2, 0.25) is 0 Å². The van der Waals surface area contributed by atoms with Crippen LogP contribution < -0.4 is 9.64 Å². The molecule has 3 amide bonds. The summed E-state index contributed by atoms with van der Waals surface area (Å²) in [5.41, 5.74) is 2.96. The second-order valence-corrected chi connectivity index (χ2v) is 9.77. The lowest BCUT2D eigenvalue weighted by atomic mass is 10.1. The second kappa shape index (κ2) is 10.8. The molecule has 8 nitrogen and oxygen atoms in total. The molecule has 3 aromatic carbocycles. The molecule has 1 N–H and O–H groups in total. The number of fused-ring (bicyclic) bond motifs is 1. The fourth-order valence-corrected chi connectivity index (χ4v) is 5.11. The highest BCUT2D eigenvalue weighted by Crippen LogP contribution is 2.33. The molecule has 3 aromatic rings. The molecule has 0 spiro atoms. The van der Waals surface area contributed by atoms with Crippen molar-refractivity contribution in [2.24, 2.45) is 0 Å². The summed E-state index contributed by atoms with van der Waals surface area (Å²) in [4.78, 5) is 44.4. The number of hydrogen-bond acceptors (Lipinski definition) is 6. The minimum Gasteiger partial charge on any atom is -0.497 e. The molecule has 0 saturated carbocycles.